The highest BCUT2D eigenvalue weighted by atomic mass is 35.5. The van der Waals surface area contributed by atoms with Gasteiger partial charge in [-0.1, -0.05) is 43.0 Å². The number of benzene rings is 1. The summed E-state index contributed by atoms with van der Waals surface area (Å²) in [6, 6.07) is 2.58. The number of hydrogen-bond donors (Lipinski definition) is 2. The molecular weight excluding hydrogens is 312 g/mol. The van der Waals surface area contributed by atoms with Gasteiger partial charge < -0.3 is 10.8 Å². The van der Waals surface area contributed by atoms with Gasteiger partial charge in [0.1, 0.15) is 5.82 Å². The minimum atomic E-state index is -1.29. The van der Waals surface area contributed by atoms with Crippen LogP contribution in [0.4, 0.5) is 4.39 Å². The van der Waals surface area contributed by atoms with Gasteiger partial charge in [0.2, 0.25) is 0 Å². The Morgan fingerprint density at radius 3 is 2.43 bits per heavy atom. The lowest BCUT2D eigenvalue weighted by atomic mass is 9.60. The van der Waals surface area contributed by atoms with Crippen LogP contribution in [0.2, 0.25) is 10.0 Å². The molecule has 0 aliphatic heterocycles. The van der Waals surface area contributed by atoms with Crippen molar-refractivity contribution in [2.45, 2.75) is 45.1 Å². The van der Waals surface area contributed by atoms with Crippen LogP contribution in [-0.4, -0.2) is 11.7 Å². The van der Waals surface area contributed by atoms with E-state index in [-0.39, 0.29) is 10.0 Å². The van der Waals surface area contributed by atoms with E-state index in [0.29, 0.717) is 18.0 Å². The van der Waals surface area contributed by atoms with E-state index in [9.17, 15) is 9.50 Å². The highest BCUT2D eigenvalue weighted by molar-refractivity contribution is 6.35. The van der Waals surface area contributed by atoms with Crippen molar-refractivity contribution in [1.82, 2.24) is 0 Å². The van der Waals surface area contributed by atoms with Gasteiger partial charge in [-0.15, -0.1) is 0 Å². The zero-order valence-electron chi connectivity index (χ0n) is 12.4. The molecule has 2 nitrogen and oxygen atoms in total. The number of nitrogens with two attached hydrogens (primary N) is 1. The molecule has 1 unspecified atom stereocenters. The molecule has 0 aromatic heterocycles. The third kappa shape index (κ3) is 2.94. The number of aliphatic hydroxyl groups is 1. The topological polar surface area (TPSA) is 46.2 Å². The third-order valence-corrected chi connectivity index (χ3v) is 5.79. The molecule has 0 amide bonds. The summed E-state index contributed by atoms with van der Waals surface area (Å²) in [4.78, 5) is 0. The maximum atomic E-state index is 13.8. The molecule has 1 aromatic rings. The van der Waals surface area contributed by atoms with Crippen molar-refractivity contribution in [2.75, 3.05) is 6.54 Å². The van der Waals surface area contributed by atoms with Gasteiger partial charge >= 0.3 is 0 Å². The first kappa shape index (κ1) is 17.0. The highest BCUT2D eigenvalue weighted by Crippen LogP contribution is 2.52. The molecule has 1 saturated carbocycles. The maximum Gasteiger partial charge on any atom is 0.142 e. The number of hydrogen-bond acceptors (Lipinski definition) is 2. The fourth-order valence-electron chi connectivity index (χ4n) is 3.39. The monoisotopic (exact) mass is 333 g/mol. The highest BCUT2D eigenvalue weighted by Gasteiger charge is 2.49. The van der Waals surface area contributed by atoms with Gasteiger partial charge in [0.25, 0.3) is 0 Å². The summed E-state index contributed by atoms with van der Waals surface area (Å²) in [7, 11) is 0. The normalized spacial score (nSPS) is 29.2. The summed E-state index contributed by atoms with van der Waals surface area (Å²) < 4.78 is 13.8. The van der Waals surface area contributed by atoms with E-state index >= 15 is 0 Å². The molecule has 0 spiro atoms. The molecule has 1 fully saturated rings. The summed E-state index contributed by atoms with van der Waals surface area (Å²) in [5.74, 6) is 0.0468. The first-order chi connectivity index (χ1) is 9.73. The Labute approximate surface area is 135 Å². The molecule has 118 valence electrons. The molecule has 0 bridgehead atoms. The Morgan fingerprint density at radius 1 is 1.33 bits per heavy atom. The molecule has 1 aliphatic rings. The Hall–Kier alpha value is -0.350. The molecule has 0 heterocycles. The van der Waals surface area contributed by atoms with E-state index in [4.69, 9.17) is 28.9 Å². The van der Waals surface area contributed by atoms with Crippen LogP contribution in [0.3, 0.4) is 0 Å². The summed E-state index contributed by atoms with van der Waals surface area (Å²) in [6.45, 7) is 4.22. The fourth-order valence-corrected chi connectivity index (χ4v) is 3.95. The van der Waals surface area contributed by atoms with Crippen molar-refractivity contribution in [1.29, 1.82) is 0 Å². The predicted octanol–water partition coefficient (Wildman–Crippen LogP) is 4.50. The summed E-state index contributed by atoms with van der Waals surface area (Å²) >= 11 is 11.9. The van der Waals surface area contributed by atoms with Crippen molar-refractivity contribution in [3.8, 4) is 0 Å². The minimum Gasteiger partial charge on any atom is -0.385 e. The van der Waals surface area contributed by atoms with Gasteiger partial charge in [0.15, 0.2) is 0 Å². The molecule has 21 heavy (non-hydrogen) atoms. The number of halogens is 3. The number of rotatable bonds is 3. The first-order valence-electron chi connectivity index (χ1n) is 7.31. The molecule has 1 aromatic carbocycles. The Kier molecular flexibility index (Phi) is 4.89. The van der Waals surface area contributed by atoms with E-state index in [1.54, 1.807) is 6.92 Å². The van der Waals surface area contributed by atoms with Crippen molar-refractivity contribution >= 4 is 23.2 Å². The zero-order chi connectivity index (χ0) is 15.8. The molecule has 1 atom stereocenters. The first-order valence-corrected chi connectivity index (χ1v) is 8.06. The minimum absolute atomic E-state index is 0.0429. The Balaban J connectivity index is 2.47. The molecule has 0 saturated heterocycles. The van der Waals surface area contributed by atoms with Crippen molar-refractivity contribution in [3.63, 3.8) is 0 Å². The van der Waals surface area contributed by atoms with E-state index in [1.807, 2.05) is 0 Å². The van der Waals surface area contributed by atoms with Gasteiger partial charge in [-0.25, -0.2) is 4.39 Å². The predicted molar refractivity (Wildman–Crippen MR) is 85.1 cm³/mol. The van der Waals surface area contributed by atoms with Crippen molar-refractivity contribution < 1.29 is 9.50 Å². The van der Waals surface area contributed by atoms with Crippen LogP contribution in [0.1, 0.15) is 45.1 Å². The van der Waals surface area contributed by atoms with Gasteiger partial charge in [-0.3, -0.25) is 0 Å². The average Bonchev–Trinajstić information content (AvgIpc) is 2.43. The van der Waals surface area contributed by atoms with E-state index in [0.717, 1.165) is 25.7 Å². The molecule has 1 aliphatic carbocycles. The van der Waals surface area contributed by atoms with Gasteiger partial charge in [-0.05, 0) is 37.8 Å². The maximum absolute atomic E-state index is 13.8. The van der Waals surface area contributed by atoms with Crippen LogP contribution < -0.4 is 5.73 Å². The summed E-state index contributed by atoms with van der Waals surface area (Å²) in [5, 5.41) is 11.4. The van der Waals surface area contributed by atoms with Crippen LogP contribution in [0, 0.1) is 17.2 Å². The lowest BCUT2D eigenvalue weighted by molar-refractivity contribution is -0.0971. The average molecular weight is 334 g/mol. The van der Waals surface area contributed by atoms with Crippen LogP contribution in [-0.2, 0) is 5.60 Å². The lowest BCUT2D eigenvalue weighted by Gasteiger charge is -2.49. The van der Waals surface area contributed by atoms with Crippen molar-refractivity contribution in [2.24, 2.45) is 17.1 Å². The third-order valence-electron chi connectivity index (χ3n) is 5.19. The SMILES string of the molecule is CC1CCC(CN)(C(C)(O)c2cc(F)c(Cl)cc2Cl)CC1. The Morgan fingerprint density at radius 2 is 1.90 bits per heavy atom. The molecular formula is C16H22Cl2FNO. The second kappa shape index (κ2) is 6.04. The van der Waals surface area contributed by atoms with E-state index in [1.165, 1.54) is 12.1 Å². The molecule has 3 N–H and O–H groups in total. The Bertz CT molecular complexity index is 525. The largest absolute Gasteiger partial charge is 0.385 e. The standard InChI is InChI=1S/C16H22Cl2FNO/c1-10-3-5-16(9-20,6-4-10)15(2,21)11-7-14(19)13(18)8-12(11)17/h7-8,10,21H,3-6,9,20H2,1-2H3. The molecule has 0 radical (unpaired) electrons. The van der Waals surface area contributed by atoms with E-state index < -0.39 is 16.8 Å². The van der Waals surface area contributed by atoms with Crippen molar-refractivity contribution in [3.05, 3.63) is 33.6 Å². The lowest BCUT2D eigenvalue weighted by Crippen LogP contribution is -2.50. The van der Waals surface area contributed by atoms with E-state index in [2.05, 4.69) is 6.92 Å². The second-order valence-electron chi connectivity index (χ2n) is 6.49. The zero-order valence-corrected chi connectivity index (χ0v) is 13.9. The van der Waals surface area contributed by atoms with Gasteiger partial charge in [0.05, 0.1) is 10.6 Å². The molecule has 5 heteroatoms. The van der Waals surface area contributed by atoms with Gasteiger partial charge in [-0.2, -0.15) is 0 Å². The smallest absolute Gasteiger partial charge is 0.142 e. The van der Waals surface area contributed by atoms with Crippen LogP contribution in [0.15, 0.2) is 12.1 Å². The summed E-state index contributed by atoms with van der Waals surface area (Å²) in [6.07, 6.45) is 3.61. The van der Waals surface area contributed by atoms with Crippen LogP contribution in [0.25, 0.3) is 0 Å². The quantitative estimate of drug-likeness (QED) is 0.800. The second-order valence-corrected chi connectivity index (χ2v) is 7.30. The van der Waals surface area contributed by atoms with Crippen LogP contribution in [0.5, 0.6) is 0 Å². The summed E-state index contributed by atoms with van der Waals surface area (Å²) in [5.41, 5.74) is 4.60. The van der Waals surface area contributed by atoms with Gasteiger partial charge in [0, 0.05) is 22.5 Å². The van der Waals surface area contributed by atoms with Crippen LogP contribution >= 0.6 is 23.2 Å². The molecule has 2 rings (SSSR count). The fraction of sp³-hybridized carbons (Fsp3) is 0.625.